The van der Waals surface area contributed by atoms with Gasteiger partial charge < -0.3 is 24.8 Å². The number of hydrogen-bond donors (Lipinski definition) is 1. The van der Waals surface area contributed by atoms with Gasteiger partial charge in [0.05, 0.1) is 19.2 Å². The Bertz CT molecular complexity index is 951. The van der Waals surface area contributed by atoms with E-state index in [-0.39, 0.29) is 29.0 Å². The minimum atomic E-state index is -0.632. The number of primary amides is 1. The Morgan fingerprint density at radius 2 is 1.78 bits per heavy atom. The Kier molecular flexibility index (Phi) is 8.19. The van der Waals surface area contributed by atoms with Gasteiger partial charge in [-0.2, -0.15) is 0 Å². The fraction of sp³-hybridized carbons (Fsp3) is 0.391. The molecule has 0 aliphatic carbocycles. The summed E-state index contributed by atoms with van der Waals surface area (Å²) in [6.45, 7) is 3.41. The number of ether oxygens (including phenoxy) is 3. The molecule has 8 nitrogen and oxygen atoms in total. The van der Waals surface area contributed by atoms with E-state index in [2.05, 4.69) is 17.0 Å². The lowest BCUT2D eigenvalue weighted by atomic mass is 10.1. The Balaban J connectivity index is 1.66. The molecule has 2 aromatic rings. The zero-order valence-electron chi connectivity index (χ0n) is 18.3. The maximum absolute atomic E-state index is 13.2. The number of amides is 2. The third kappa shape index (κ3) is 6.05. The number of nitrogens with zero attached hydrogens (tertiary/aromatic N) is 2. The number of hydrogen-bond acceptors (Lipinski definition) is 6. The zero-order valence-corrected chi connectivity index (χ0v) is 19.1. The molecule has 1 fully saturated rings. The molecule has 2 aromatic carbocycles. The Morgan fingerprint density at radius 1 is 1.03 bits per heavy atom. The predicted molar refractivity (Wildman–Crippen MR) is 121 cm³/mol. The van der Waals surface area contributed by atoms with Crippen molar-refractivity contribution >= 4 is 23.4 Å². The van der Waals surface area contributed by atoms with E-state index in [4.69, 9.17) is 31.5 Å². The second kappa shape index (κ2) is 11.1. The van der Waals surface area contributed by atoms with Gasteiger partial charge in [0.2, 0.25) is 0 Å². The van der Waals surface area contributed by atoms with Crippen LogP contribution in [-0.4, -0.2) is 68.6 Å². The molecule has 0 saturated carbocycles. The molecular formula is C23H28ClN3O5. The van der Waals surface area contributed by atoms with E-state index in [1.807, 2.05) is 17.0 Å². The molecule has 0 radical (unpaired) electrons. The summed E-state index contributed by atoms with van der Waals surface area (Å²) < 4.78 is 15.9. The highest BCUT2D eigenvalue weighted by molar-refractivity contribution is 6.32. The van der Waals surface area contributed by atoms with Crippen molar-refractivity contribution in [3.63, 3.8) is 0 Å². The van der Waals surface area contributed by atoms with E-state index >= 15 is 0 Å². The molecule has 3 rings (SSSR count). The Labute approximate surface area is 192 Å². The number of benzene rings is 2. The highest BCUT2D eigenvalue weighted by Gasteiger charge is 2.23. The van der Waals surface area contributed by atoms with Gasteiger partial charge in [0.15, 0.2) is 18.1 Å². The average molecular weight is 462 g/mol. The summed E-state index contributed by atoms with van der Waals surface area (Å²) in [5.74, 6) is 0.538. The van der Waals surface area contributed by atoms with E-state index in [0.29, 0.717) is 18.7 Å². The maximum atomic E-state index is 13.2. The fourth-order valence-corrected chi connectivity index (χ4v) is 3.90. The highest BCUT2D eigenvalue weighted by Crippen LogP contribution is 2.36. The highest BCUT2D eigenvalue weighted by atomic mass is 35.5. The minimum Gasteiger partial charge on any atom is -0.497 e. The number of rotatable bonds is 8. The van der Waals surface area contributed by atoms with E-state index in [1.165, 1.54) is 18.7 Å². The minimum absolute atomic E-state index is 0.127. The molecular weight excluding hydrogens is 434 g/mol. The number of nitrogens with two attached hydrogens (primary N) is 1. The smallest absolute Gasteiger partial charge is 0.255 e. The lowest BCUT2D eigenvalue weighted by Gasteiger charge is -2.23. The molecule has 1 aliphatic rings. The van der Waals surface area contributed by atoms with Crippen LogP contribution < -0.4 is 19.9 Å². The Hall–Kier alpha value is -2.97. The van der Waals surface area contributed by atoms with Gasteiger partial charge in [-0.05, 0) is 36.2 Å². The van der Waals surface area contributed by atoms with E-state index in [0.717, 1.165) is 31.8 Å². The second-order valence-corrected chi connectivity index (χ2v) is 7.92. The van der Waals surface area contributed by atoms with Crippen molar-refractivity contribution in [2.45, 2.75) is 13.0 Å². The molecule has 2 amide bonds. The van der Waals surface area contributed by atoms with Crippen LogP contribution in [0.25, 0.3) is 0 Å². The molecule has 1 aliphatic heterocycles. The molecule has 0 spiro atoms. The molecule has 9 heteroatoms. The van der Waals surface area contributed by atoms with Gasteiger partial charge in [-0.1, -0.05) is 23.7 Å². The molecule has 0 bridgehead atoms. The van der Waals surface area contributed by atoms with Crippen LogP contribution >= 0.6 is 11.6 Å². The van der Waals surface area contributed by atoms with Crippen LogP contribution in [0, 0.1) is 0 Å². The number of methoxy groups -OCH3 is 2. The molecule has 1 heterocycles. The van der Waals surface area contributed by atoms with Crippen molar-refractivity contribution in [2.24, 2.45) is 5.73 Å². The normalized spacial score (nSPS) is 14.5. The zero-order chi connectivity index (χ0) is 23.1. The quantitative estimate of drug-likeness (QED) is 0.649. The van der Waals surface area contributed by atoms with Crippen LogP contribution in [0.15, 0.2) is 36.4 Å². The summed E-state index contributed by atoms with van der Waals surface area (Å²) >= 11 is 6.30. The van der Waals surface area contributed by atoms with Crippen LogP contribution in [0.4, 0.5) is 0 Å². The predicted octanol–water partition coefficient (Wildman–Crippen LogP) is 2.57. The molecule has 172 valence electrons. The topological polar surface area (TPSA) is 94.3 Å². The van der Waals surface area contributed by atoms with E-state index < -0.39 is 5.91 Å². The molecule has 0 atom stereocenters. The first-order valence-electron chi connectivity index (χ1n) is 10.3. The summed E-state index contributed by atoms with van der Waals surface area (Å²) in [6.07, 6.45) is 0.868. The van der Waals surface area contributed by atoms with Crippen molar-refractivity contribution in [3.05, 3.63) is 52.5 Å². The molecule has 1 saturated heterocycles. The summed E-state index contributed by atoms with van der Waals surface area (Å²) in [7, 11) is 3.10. The van der Waals surface area contributed by atoms with Crippen molar-refractivity contribution in [2.75, 3.05) is 47.0 Å². The summed E-state index contributed by atoms with van der Waals surface area (Å²) in [6, 6.07) is 11.1. The average Bonchev–Trinajstić information content (AvgIpc) is 3.03. The van der Waals surface area contributed by atoms with E-state index in [1.54, 1.807) is 13.2 Å². The summed E-state index contributed by atoms with van der Waals surface area (Å²) in [5, 5.41) is 0.185. The van der Waals surface area contributed by atoms with Crippen LogP contribution in [0.5, 0.6) is 17.2 Å². The number of carbonyl (C=O) groups excluding carboxylic acids is 2. The van der Waals surface area contributed by atoms with Crippen molar-refractivity contribution in [1.82, 2.24) is 9.80 Å². The lowest BCUT2D eigenvalue weighted by Crippen LogP contribution is -2.35. The van der Waals surface area contributed by atoms with Gasteiger partial charge in [0.25, 0.3) is 11.8 Å². The Morgan fingerprint density at radius 3 is 2.44 bits per heavy atom. The van der Waals surface area contributed by atoms with Gasteiger partial charge in [-0.25, -0.2) is 0 Å². The van der Waals surface area contributed by atoms with Gasteiger partial charge in [-0.3, -0.25) is 14.5 Å². The van der Waals surface area contributed by atoms with Crippen molar-refractivity contribution in [3.8, 4) is 17.2 Å². The molecule has 0 unspecified atom stereocenters. The number of halogens is 1. The third-order valence-electron chi connectivity index (χ3n) is 5.28. The van der Waals surface area contributed by atoms with Crippen LogP contribution in [0.1, 0.15) is 22.3 Å². The lowest BCUT2D eigenvalue weighted by molar-refractivity contribution is -0.119. The fourth-order valence-electron chi connectivity index (χ4n) is 3.63. The standard InChI is InChI=1S/C23H28ClN3O5/c1-30-18-6-4-16(5-7-18)14-26-8-3-9-27(11-10-26)23(29)17-12-19(24)22(20(13-17)31-2)32-15-21(25)28/h4-7,12-13H,3,8-11,14-15H2,1-2H3,(H2,25,28). The monoisotopic (exact) mass is 461 g/mol. The van der Waals surface area contributed by atoms with Crippen LogP contribution in [0.2, 0.25) is 5.02 Å². The number of carbonyl (C=O) groups is 2. The third-order valence-corrected chi connectivity index (χ3v) is 5.56. The first-order valence-corrected chi connectivity index (χ1v) is 10.7. The summed E-state index contributed by atoms with van der Waals surface area (Å²) in [5.41, 5.74) is 6.73. The summed E-state index contributed by atoms with van der Waals surface area (Å²) in [4.78, 5) is 28.3. The molecule has 2 N–H and O–H groups in total. The van der Waals surface area contributed by atoms with Gasteiger partial charge in [0, 0.05) is 38.3 Å². The second-order valence-electron chi connectivity index (χ2n) is 7.51. The van der Waals surface area contributed by atoms with Gasteiger partial charge in [0.1, 0.15) is 5.75 Å². The molecule has 32 heavy (non-hydrogen) atoms. The van der Waals surface area contributed by atoms with Crippen LogP contribution in [0.3, 0.4) is 0 Å². The van der Waals surface area contributed by atoms with Crippen molar-refractivity contribution < 1.29 is 23.8 Å². The first-order chi connectivity index (χ1) is 15.4. The largest absolute Gasteiger partial charge is 0.497 e. The van der Waals surface area contributed by atoms with Gasteiger partial charge >= 0.3 is 0 Å². The van der Waals surface area contributed by atoms with Crippen LogP contribution in [-0.2, 0) is 11.3 Å². The van der Waals surface area contributed by atoms with Gasteiger partial charge in [-0.15, -0.1) is 0 Å². The van der Waals surface area contributed by atoms with E-state index in [9.17, 15) is 9.59 Å². The molecule has 0 aromatic heterocycles. The first kappa shape index (κ1) is 23.7. The SMILES string of the molecule is COc1ccc(CN2CCCN(C(=O)c3cc(Cl)c(OCC(N)=O)c(OC)c3)CC2)cc1. The van der Waals surface area contributed by atoms with Crippen molar-refractivity contribution in [1.29, 1.82) is 0 Å². The maximum Gasteiger partial charge on any atom is 0.255 e.